The average Bonchev–Trinajstić information content (AvgIpc) is 2.41. The first-order chi connectivity index (χ1) is 9.20. The van der Waals surface area contributed by atoms with Gasteiger partial charge < -0.3 is 20.1 Å². The molecule has 1 aliphatic heterocycles. The maximum Gasteiger partial charge on any atom is 0.189 e. The number of halogens is 1. The van der Waals surface area contributed by atoms with E-state index in [2.05, 4.69) is 4.90 Å². The Kier molecular flexibility index (Phi) is 4.99. The molecule has 0 aliphatic carbocycles. The second-order valence-corrected chi connectivity index (χ2v) is 4.69. The highest BCUT2D eigenvalue weighted by molar-refractivity contribution is 5.59. The number of nitrogens with zero attached hydrogens (tertiary/aromatic N) is 1. The van der Waals surface area contributed by atoms with Gasteiger partial charge in [-0.3, -0.25) is 0 Å². The molecule has 1 aliphatic rings. The Hall–Kier alpha value is -1.33. The van der Waals surface area contributed by atoms with Gasteiger partial charge in [-0.25, -0.2) is 4.39 Å². The zero-order chi connectivity index (χ0) is 13.7. The summed E-state index contributed by atoms with van der Waals surface area (Å²) in [4.78, 5) is 2.12. The maximum absolute atomic E-state index is 13.4. The van der Waals surface area contributed by atoms with Gasteiger partial charge in [0.05, 0.1) is 5.69 Å². The topological polar surface area (TPSA) is 47.7 Å². The summed E-state index contributed by atoms with van der Waals surface area (Å²) in [5.74, 6) is 0.402. The predicted molar refractivity (Wildman–Crippen MR) is 72.9 cm³/mol. The van der Waals surface area contributed by atoms with Gasteiger partial charge in [-0.05, 0) is 31.9 Å². The van der Waals surface area contributed by atoms with Crippen LogP contribution in [0.4, 0.5) is 10.1 Å². The van der Waals surface area contributed by atoms with Gasteiger partial charge >= 0.3 is 0 Å². The summed E-state index contributed by atoms with van der Waals surface area (Å²) in [5.41, 5.74) is 6.67. The zero-order valence-corrected chi connectivity index (χ0v) is 11.3. The molecular formula is C14H21FN2O2. The van der Waals surface area contributed by atoms with Gasteiger partial charge in [-0.1, -0.05) is 0 Å². The fourth-order valence-electron chi connectivity index (χ4n) is 2.19. The van der Waals surface area contributed by atoms with Gasteiger partial charge in [-0.15, -0.1) is 0 Å². The summed E-state index contributed by atoms with van der Waals surface area (Å²) >= 11 is 0. The van der Waals surface area contributed by atoms with E-state index < -0.39 is 0 Å². The fourth-order valence-corrected chi connectivity index (χ4v) is 2.19. The second kappa shape index (κ2) is 6.73. The minimum atomic E-state index is -0.256. The van der Waals surface area contributed by atoms with Gasteiger partial charge in [0.1, 0.15) is 11.6 Å². The van der Waals surface area contributed by atoms with Crippen molar-refractivity contribution in [3.63, 3.8) is 0 Å². The monoisotopic (exact) mass is 268 g/mol. The lowest BCUT2D eigenvalue weighted by molar-refractivity contribution is 0.0226. The Bertz CT molecular complexity index is 406. The first-order valence-corrected chi connectivity index (χ1v) is 6.71. The van der Waals surface area contributed by atoms with E-state index in [9.17, 15) is 4.39 Å². The number of ether oxygens (including phenoxy) is 2. The Balaban J connectivity index is 2.10. The molecule has 1 fully saturated rings. The molecule has 2 N–H and O–H groups in total. The highest BCUT2D eigenvalue weighted by atomic mass is 19.1. The van der Waals surface area contributed by atoms with E-state index in [4.69, 9.17) is 15.2 Å². The number of piperidine rings is 1. The van der Waals surface area contributed by atoms with Gasteiger partial charge in [0.25, 0.3) is 0 Å². The van der Waals surface area contributed by atoms with E-state index in [-0.39, 0.29) is 18.7 Å². The number of rotatable bonds is 5. The van der Waals surface area contributed by atoms with Crippen molar-refractivity contribution in [2.75, 3.05) is 31.4 Å². The molecule has 1 heterocycles. The molecule has 0 amide bonds. The van der Waals surface area contributed by atoms with E-state index in [1.165, 1.54) is 12.1 Å². The quantitative estimate of drug-likeness (QED) is 0.656. The van der Waals surface area contributed by atoms with Crippen molar-refractivity contribution in [2.24, 2.45) is 5.73 Å². The summed E-state index contributed by atoms with van der Waals surface area (Å²) in [6.07, 6.45) is 1.84. The molecule has 1 saturated heterocycles. The molecule has 5 heteroatoms. The van der Waals surface area contributed by atoms with Crippen LogP contribution in [0.15, 0.2) is 18.2 Å². The lowest BCUT2D eigenvalue weighted by Gasteiger charge is -2.33. The predicted octanol–water partition coefficient (Wildman–Crippen LogP) is 2.13. The molecule has 2 rings (SSSR count). The van der Waals surface area contributed by atoms with Gasteiger partial charge in [0, 0.05) is 31.8 Å². The molecule has 0 aromatic heterocycles. The normalized spacial score (nSPS) is 16.7. The summed E-state index contributed by atoms with van der Waals surface area (Å²) in [6, 6.07) is 4.81. The van der Waals surface area contributed by atoms with Crippen LogP contribution in [-0.2, 0) is 4.74 Å². The number of anilines is 1. The van der Waals surface area contributed by atoms with Crippen LogP contribution in [-0.4, -0.2) is 32.5 Å². The molecule has 0 saturated carbocycles. The minimum absolute atomic E-state index is 0.183. The average molecular weight is 268 g/mol. The molecule has 1 aromatic carbocycles. The minimum Gasteiger partial charge on any atom is -0.465 e. The smallest absolute Gasteiger partial charge is 0.189 e. The molecule has 0 unspecified atom stereocenters. The lowest BCUT2D eigenvalue weighted by atomic mass is 10.1. The van der Waals surface area contributed by atoms with E-state index in [0.29, 0.717) is 12.4 Å². The van der Waals surface area contributed by atoms with Crippen LogP contribution in [0.1, 0.15) is 19.8 Å². The Labute approximate surface area is 113 Å². The van der Waals surface area contributed by atoms with Crippen LogP contribution in [0.5, 0.6) is 5.75 Å². The molecule has 0 bridgehead atoms. The molecule has 0 atom stereocenters. The van der Waals surface area contributed by atoms with Crippen LogP contribution in [0.3, 0.4) is 0 Å². The SMILES string of the molecule is CCOCOc1ccc(F)cc1N1CCC(N)CC1. The first-order valence-electron chi connectivity index (χ1n) is 6.71. The van der Waals surface area contributed by atoms with Crippen LogP contribution < -0.4 is 15.4 Å². The highest BCUT2D eigenvalue weighted by Crippen LogP contribution is 2.31. The van der Waals surface area contributed by atoms with Crippen LogP contribution in [0, 0.1) is 5.82 Å². The largest absolute Gasteiger partial charge is 0.465 e. The molecule has 0 radical (unpaired) electrons. The molecule has 0 spiro atoms. The van der Waals surface area contributed by atoms with Gasteiger partial charge in [-0.2, -0.15) is 0 Å². The standard InChI is InChI=1S/C14H21FN2O2/c1-2-18-10-19-14-4-3-11(15)9-13(14)17-7-5-12(16)6-8-17/h3-4,9,12H,2,5-8,10,16H2,1H3. The van der Waals surface area contributed by atoms with Crippen molar-refractivity contribution >= 4 is 5.69 Å². The van der Waals surface area contributed by atoms with Crippen molar-refractivity contribution in [1.29, 1.82) is 0 Å². The molecule has 1 aromatic rings. The number of benzene rings is 1. The van der Waals surface area contributed by atoms with Gasteiger partial charge in [0.2, 0.25) is 0 Å². The number of hydrogen-bond acceptors (Lipinski definition) is 4. The van der Waals surface area contributed by atoms with Gasteiger partial charge in [0.15, 0.2) is 6.79 Å². The zero-order valence-electron chi connectivity index (χ0n) is 11.3. The van der Waals surface area contributed by atoms with Crippen LogP contribution in [0.25, 0.3) is 0 Å². The molecular weight excluding hydrogens is 247 g/mol. The van der Waals surface area contributed by atoms with Crippen molar-refractivity contribution in [3.05, 3.63) is 24.0 Å². The molecule has 19 heavy (non-hydrogen) atoms. The Morgan fingerprint density at radius 2 is 2.11 bits per heavy atom. The molecule has 106 valence electrons. The number of nitrogens with two attached hydrogens (primary N) is 1. The summed E-state index contributed by atoms with van der Waals surface area (Å²) in [7, 11) is 0. The second-order valence-electron chi connectivity index (χ2n) is 4.69. The summed E-state index contributed by atoms with van der Waals surface area (Å²) in [5, 5.41) is 0. The third-order valence-corrected chi connectivity index (χ3v) is 3.30. The lowest BCUT2D eigenvalue weighted by Crippen LogP contribution is -2.39. The molecule has 4 nitrogen and oxygen atoms in total. The van der Waals surface area contributed by atoms with Crippen LogP contribution in [0.2, 0.25) is 0 Å². The summed E-state index contributed by atoms with van der Waals surface area (Å²) in [6.45, 7) is 4.34. The Morgan fingerprint density at radius 3 is 2.79 bits per heavy atom. The van der Waals surface area contributed by atoms with Crippen molar-refractivity contribution in [3.8, 4) is 5.75 Å². The highest BCUT2D eigenvalue weighted by Gasteiger charge is 2.19. The van der Waals surface area contributed by atoms with Crippen molar-refractivity contribution in [1.82, 2.24) is 0 Å². The van der Waals surface area contributed by atoms with E-state index in [1.807, 2.05) is 6.92 Å². The first kappa shape index (κ1) is 14.1. The van der Waals surface area contributed by atoms with Crippen LogP contribution >= 0.6 is 0 Å². The third kappa shape index (κ3) is 3.81. The van der Waals surface area contributed by atoms with E-state index >= 15 is 0 Å². The van der Waals surface area contributed by atoms with E-state index in [0.717, 1.165) is 31.6 Å². The third-order valence-electron chi connectivity index (χ3n) is 3.30. The maximum atomic E-state index is 13.4. The number of hydrogen-bond donors (Lipinski definition) is 1. The van der Waals surface area contributed by atoms with Crippen molar-refractivity contribution < 1.29 is 13.9 Å². The van der Waals surface area contributed by atoms with E-state index in [1.54, 1.807) is 6.07 Å². The Morgan fingerprint density at radius 1 is 1.37 bits per heavy atom. The fraction of sp³-hybridized carbons (Fsp3) is 0.571. The summed E-state index contributed by atoms with van der Waals surface area (Å²) < 4.78 is 24.2. The van der Waals surface area contributed by atoms with Crippen molar-refractivity contribution in [2.45, 2.75) is 25.8 Å².